The van der Waals surface area contributed by atoms with Crippen molar-refractivity contribution >= 4 is 16.8 Å². The molecular weight excluding hydrogens is 476 g/mol. The quantitative estimate of drug-likeness (QED) is 0.454. The maximum Gasteiger partial charge on any atom is 0.274 e. The molecule has 0 aliphatic carbocycles. The Bertz CT molecular complexity index is 1580. The number of hydrogen-bond acceptors (Lipinski definition) is 5. The molecule has 5 rings (SSSR count). The first-order valence-electron chi connectivity index (χ1n) is 12.1. The molecule has 1 N–H and O–H groups in total. The average molecular weight is 504 g/mol. The van der Waals surface area contributed by atoms with Crippen LogP contribution in [0.15, 0.2) is 30.3 Å². The van der Waals surface area contributed by atoms with Crippen LogP contribution in [0.4, 0.5) is 8.78 Å². The second-order valence-corrected chi connectivity index (χ2v) is 9.46. The third kappa shape index (κ3) is 4.15. The predicted octanol–water partition coefficient (Wildman–Crippen LogP) is 4.02. The summed E-state index contributed by atoms with van der Waals surface area (Å²) in [5, 5.41) is 17.0. The van der Waals surface area contributed by atoms with Crippen LogP contribution in [-0.4, -0.2) is 56.3 Å². The first kappa shape index (κ1) is 24.6. The van der Waals surface area contributed by atoms with Gasteiger partial charge in [-0.1, -0.05) is 0 Å². The topological polar surface area (TPSA) is 91.8 Å². The van der Waals surface area contributed by atoms with E-state index in [-0.39, 0.29) is 23.2 Å². The van der Waals surface area contributed by atoms with Crippen molar-refractivity contribution in [1.29, 1.82) is 5.26 Å². The lowest BCUT2D eigenvalue weighted by atomic mass is 10.1. The van der Waals surface area contributed by atoms with Crippen molar-refractivity contribution in [3.8, 4) is 23.1 Å². The minimum absolute atomic E-state index is 0.0870. The van der Waals surface area contributed by atoms with Crippen molar-refractivity contribution in [3.05, 3.63) is 64.6 Å². The molecule has 37 heavy (non-hydrogen) atoms. The first-order valence-corrected chi connectivity index (χ1v) is 12.1. The number of aromatic nitrogens is 4. The number of nitrogens with one attached hydrogen (secondary N) is 1. The number of nitrogens with zero attached hydrogens (tertiary/aromatic N) is 6. The number of amides is 1. The molecule has 1 atom stereocenters. The number of carbonyl (C=O) groups is 1. The van der Waals surface area contributed by atoms with E-state index in [0.29, 0.717) is 46.8 Å². The third-order valence-corrected chi connectivity index (χ3v) is 7.07. The summed E-state index contributed by atoms with van der Waals surface area (Å²) in [5.41, 5.74) is 2.98. The number of likely N-dealkylation sites (tertiary alicyclic amines) is 1. The zero-order chi connectivity index (χ0) is 26.4. The maximum atomic E-state index is 14.9. The summed E-state index contributed by atoms with van der Waals surface area (Å²) in [5.74, 6) is -1.05. The summed E-state index contributed by atoms with van der Waals surface area (Å²) >= 11 is 0. The summed E-state index contributed by atoms with van der Waals surface area (Å²) in [6.45, 7) is 4.80. The molecule has 8 nitrogen and oxygen atoms in total. The Morgan fingerprint density at radius 1 is 1.22 bits per heavy atom. The fourth-order valence-electron chi connectivity index (χ4n) is 5.05. The van der Waals surface area contributed by atoms with Crippen molar-refractivity contribution in [2.75, 3.05) is 20.1 Å². The van der Waals surface area contributed by atoms with Crippen LogP contribution in [0.5, 0.6) is 0 Å². The highest BCUT2D eigenvalue weighted by molar-refractivity contribution is 5.95. The molecule has 10 heteroatoms. The largest absolute Gasteiger partial charge is 0.336 e. The molecule has 3 heterocycles. The number of piperidine rings is 1. The number of rotatable bonds is 4. The summed E-state index contributed by atoms with van der Waals surface area (Å²) in [6, 6.07) is 9.75. The third-order valence-electron chi connectivity index (χ3n) is 7.07. The van der Waals surface area contributed by atoms with E-state index in [4.69, 9.17) is 10.2 Å². The molecule has 1 fully saturated rings. The van der Waals surface area contributed by atoms with Crippen molar-refractivity contribution in [2.45, 2.75) is 32.7 Å². The van der Waals surface area contributed by atoms with E-state index in [1.807, 2.05) is 26.1 Å². The highest BCUT2D eigenvalue weighted by Crippen LogP contribution is 2.32. The van der Waals surface area contributed by atoms with Crippen LogP contribution in [0.25, 0.3) is 28.0 Å². The Labute approximate surface area is 213 Å². The van der Waals surface area contributed by atoms with Gasteiger partial charge in [-0.3, -0.25) is 9.36 Å². The zero-order valence-electron chi connectivity index (χ0n) is 21.1. The molecule has 1 saturated heterocycles. The fourth-order valence-corrected chi connectivity index (χ4v) is 5.05. The molecule has 0 bridgehead atoms. The van der Waals surface area contributed by atoms with Crippen LogP contribution in [0.2, 0.25) is 0 Å². The van der Waals surface area contributed by atoms with E-state index in [1.54, 1.807) is 28.5 Å². The molecule has 190 valence electrons. The maximum absolute atomic E-state index is 14.9. The van der Waals surface area contributed by atoms with E-state index in [2.05, 4.69) is 10.4 Å². The molecule has 1 aliphatic rings. The van der Waals surface area contributed by atoms with Crippen molar-refractivity contribution in [1.82, 2.24) is 29.5 Å². The predicted molar refractivity (Wildman–Crippen MR) is 135 cm³/mol. The molecule has 0 saturated carbocycles. The number of likely N-dealkylation sites (N-methyl/N-ethyl adjacent to an activating group) is 1. The van der Waals surface area contributed by atoms with Crippen molar-refractivity contribution in [2.24, 2.45) is 7.05 Å². The number of aryl methyl sites for hydroxylation is 2. The lowest BCUT2D eigenvalue weighted by Gasteiger charge is -2.32. The van der Waals surface area contributed by atoms with Gasteiger partial charge < -0.3 is 10.2 Å². The van der Waals surface area contributed by atoms with Crippen LogP contribution >= 0.6 is 0 Å². The van der Waals surface area contributed by atoms with Crippen LogP contribution in [-0.2, 0) is 7.05 Å². The molecule has 1 amide bonds. The van der Waals surface area contributed by atoms with Gasteiger partial charge in [-0.2, -0.15) is 14.8 Å². The molecule has 0 radical (unpaired) electrons. The minimum atomic E-state index is -0.682. The lowest BCUT2D eigenvalue weighted by molar-refractivity contribution is 0.0692. The van der Waals surface area contributed by atoms with Crippen molar-refractivity contribution in [3.63, 3.8) is 0 Å². The van der Waals surface area contributed by atoms with Crippen LogP contribution in [0, 0.1) is 36.9 Å². The summed E-state index contributed by atoms with van der Waals surface area (Å²) < 4.78 is 32.4. The lowest BCUT2D eigenvalue weighted by Crippen LogP contribution is -2.47. The van der Waals surface area contributed by atoms with Gasteiger partial charge in [-0.25, -0.2) is 14.1 Å². The van der Waals surface area contributed by atoms with E-state index in [9.17, 15) is 13.6 Å². The van der Waals surface area contributed by atoms with Gasteiger partial charge in [0.05, 0.1) is 22.2 Å². The molecule has 2 aromatic carbocycles. The van der Waals surface area contributed by atoms with Gasteiger partial charge in [0.15, 0.2) is 0 Å². The van der Waals surface area contributed by atoms with Crippen LogP contribution in [0.1, 0.15) is 40.2 Å². The fraction of sp³-hybridized carbons (Fsp3) is 0.333. The summed E-state index contributed by atoms with van der Waals surface area (Å²) in [4.78, 5) is 20.1. The number of nitriles is 1. The smallest absolute Gasteiger partial charge is 0.274 e. The number of imidazole rings is 1. The monoisotopic (exact) mass is 503 g/mol. The molecular formula is C27H27F2N7O. The number of halogens is 2. The summed E-state index contributed by atoms with van der Waals surface area (Å²) in [6.07, 6.45) is 1.86. The standard InChI is InChI=1S/C27H27F2N7O/c1-15-10-20(12-21-23(15)33-34(4)25(21)29)36-16(2)24(27(37)35-9-5-6-19(14-35)31-3)32-26(36)17-7-8-18(13-30)22(28)11-17/h7-8,10-12,19,31H,5-6,9,14H2,1-4H3/t19-/m1/s1. The normalized spacial score (nSPS) is 15.8. The van der Waals surface area contributed by atoms with E-state index >= 15 is 0 Å². The number of fused-ring (bicyclic) bond motifs is 1. The Morgan fingerprint density at radius 2 is 2.00 bits per heavy atom. The highest BCUT2D eigenvalue weighted by Gasteiger charge is 2.29. The number of hydrogen-bond donors (Lipinski definition) is 1. The Hall–Kier alpha value is -4.10. The second kappa shape index (κ2) is 9.41. The molecule has 2 aromatic heterocycles. The van der Waals surface area contributed by atoms with Crippen molar-refractivity contribution < 1.29 is 13.6 Å². The van der Waals surface area contributed by atoms with Gasteiger partial charge in [-0.15, -0.1) is 0 Å². The van der Waals surface area contributed by atoms with Gasteiger partial charge >= 0.3 is 0 Å². The SMILES string of the molecule is CN[C@@H]1CCCN(C(=O)c2nc(-c3ccc(C#N)c(F)c3)n(-c3cc(C)c4nn(C)c(F)c4c3)c2C)C1. The zero-order valence-corrected chi connectivity index (χ0v) is 21.1. The Kier molecular flexibility index (Phi) is 6.25. The molecule has 4 aromatic rings. The van der Waals surface area contributed by atoms with Crippen LogP contribution in [0.3, 0.4) is 0 Å². The Morgan fingerprint density at radius 3 is 2.70 bits per heavy atom. The second-order valence-electron chi connectivity index (χ2n) is 9.46. The number of carbonyl (C=O) groups excluding carboxylic acids is 1. The van der Waals surface area contributed by atoms with Gasteiger partial charge in [0.1, 0.15) is 23.4 Å². The van der Waals surface area contributed by atoms with Crippen LogP contribution < -0.4 is 5.32 Å². The van der Waals surface area contributed by atoms with E-state index < -0.39 is 11.8 Å². The van der Waals surface area contributed by atoms with E-state index in [1.165, 1.54) is 23.9 Å². The molecule has 0 spiro atoms. The average Bonchev–Trinajstić information content (AvgIpc) is 3.39. The van der Waals surface area contributed by atoms with Gasteiger partial charge in [0.25, 0.3) is 5.91 Å². The summed E-state index contributed by atoms with van der Waals surface area (Å²) in [7, 11) is 3.42. The Balaban J connectivity index is 1.71. The molecule has 1 aliphatic heterocycles. The number of benzene rings is 2. The minimum Gasteiger partial charge on any atom is -0.336 e. The van der Waals surface area contributed by atoms with Gasteiger partial charge in [0, 0.05) is 37.4 Å². The first-order chi connectivity index (χ1) is 17.7. The molecule has 0 unspecified atom stereocenters. The van der Waals surface area contributed by atoms with Gasteiger partial charge in [-0.05, 0) is 69.6 Å². The highest BCUT2D eigenvalue weighted by atomic mass is 19.1. The van der Waals surface area contributed by atoms with E-state index in [0.717, 1.165) is 18.4 Å². The van der Waals surface area contributed by atoms with Gasteiger partial charge in [0.2, 0.25) is 5.95 Å².